The molecule has 1 aliphatic rings. The maximum Gasteiger partial charge on any atom is 0.356 e. The molecule has 31 heavy (non-hydrogen) atoms. The Morgan fingerprint density at radius 1 is 1.13 bits per heavy atom. The largest absolute Gasteiger partial charge is 0.476 e. The first kappa shape index (κ1) is 19.1. The van der Waals surface area contributed by atoms with Crippen molar-refractivity contribution in [2.24, 2.45) is 7.05 Å². The van der Waals surface area contributed by atoms with E-state index in [0.717, 1.165) is 12.8 Å². The third-order valence-corrected chi connectivity index (χ3v) is 5.61. The molecule has 1 fully saturated rings. The molecule has 0 bridgehead atoms. The first-order valence-electron chi connectivity index (χ1n) is 9.93. The van der Waals surface area contributed by atoms with Crippen LogP contribution in [0.25, 0.3) is 27.7 Å². The second kappa shape index (κ2) is 6.56. The summed E-state index contributed by atoms with van der Waals surface area (Å²) >= 11 is 0. The summed E-state index contributed by atoms with van der Waals surface area (Å²) < 4.78 is 9.81. The summed E-state index contributed by atoms with van der Waals surface area (Å²) in [5.74, 6) is -0.654. The average molecular weight is 420 g/mol. The second-order valence-electron chi connectivity index (χ2n) is 7.88. The molecule has 9 nitrogen and oxygen atoms in total. The Bertz CT molecular complexity index is 1480. The summed E-state index contributed by atoms with van der Waals surface area (Å²) in [6, 6.07) is 8.69. The minimum absolute atomic E-state index is 0.0379. The summed E-state index contributed by atoms with van der Waals surface area (Å²) in [4.78, 5) is 41.7. The van der Waals surface area contributed by atoms with Gasteiger partial charge in [0, 0.05) is 12.7 Å². The van der Waals surface area contributed by atoms with Crippen LogP contribution in [0.5, 0.6) is 0 Å². The van der Waals surface area contributed by atoms with Crippen LogP contribution in [-0.4, -0.2) is 30.2 Å². The van der Waals surface area contributed by atoms with Crippen molar-refractivity contribution in [1.82, 2.24) is 19.1 Å². The molecule has 0 saturated heterocycles. The SMILES string of the molecule is Cc1cc2c(=O)n(-c3ccc(-c4c(C)on(C)c4=O)cc3)n(C3CC3)c2c(C(=O)O)n1. The zero-order chi connectivity index (χ0) is 22.0. The van der Waals surface area contributed by atoms with Gasteiger partial charge in [-0.2, -0.15) is 4.74 Å². The highest BCUT2D eigenvalue weighted by molar-refractivity contribution is 6.00. The van der Waals surface area contributed by atoms with E-state index in [4.69, 9.17) is 4.52 Å². The van der Waals surface area contributed by atoms with Crippen LogP contribution in [-0.2, 0) is 7.05 Å². The number of carboxylic acid groups (broad SMARTS) is 1. The molecule has 0 aliphatic heterocycles. The van der Waals surface area contributed by atoms with Crippen LogP contribution in [0.2, 0.25) is 0 Å². The van der Waals surface area contributed by atoms with E-state index in [1.807, 2.05) is 0 Å². The Balaban J connectivity index is 1.74. The van der Waals surface area contributed by atoms with Crippen LogP contribution >= 0.6 is 0 Å². The van der Waals surface area contributed by atoms with E-state index in [9.17, 15) is 19.5 Å². The maximum atomic E-state index is 13.3. The highest BCUT2D eigenvalue weighted by atomic mass is 16.5. The van der Waals surface area contributed by atoms with Gasteiger partial charge >= 0.3 is 5.97 Å². The van der Waals surface area contributed by atoms with E-state index in [-0.39, 0.29) is 22.9 Å². The maximum absolute atomic E-state index is 13.3. The highest BCUT2D eigenvalue weighted by Crippen LogP contribution is 2.38. The lowest BCUT2D eigenvalue weighted by Gasteiger charge is -2.13. The summed E-state index contributed by atoms with van der Waals surface area (Å²) in [5.41, 5.74) is 1.91. The van der Waals surface area contributed by atoms with Gasteiger partial charge < -0.3 is 9.63 Å². The standard InChI is InChI=1S/C22H20N4O5/c1-11-10-16-19(18(23-11)22(29)30)25(14-8-9-14)26(20(16)27)15-6-4-13(5-7-15)17-12(2)31-24(3)21(17)28/h4-7,10,14H,8-9H2,1-3H3,(H,29,30). The Labute approximate surface area is 175 Å². The molecule has 0 unspecified atom stereocenters. The minimum atomic E-state index is -1.16. The predicted molar refractivity (Wildman–Crippen MR) is 113 cm³/mol. The van der Waals surface area contributed by atoms with Gasteiger partial charge in [0.2, 0.25) is 0 Å². The van der Waals surface area contributed by atoms with E-state index < -0.39 is 5.97 Å². The monoisotopic (exact) mass is 420 g/mol. The molecule has 1 aromatic carbocycles. The van der Waals surface area contributed by atoms with Crippen molar-refractivity contribution in [3.05, 3.63) is 68.2 Å². The van der Waals surface area contributed by atoms with Gasteiger partial charge in [0.05, 0.1) is 22.7 Å². The minimum Gasteiger partial charge on any atom is -0.476 e. The van der Waals surface area contributed by atoms with Crippen molar-refractivity contribution in [2.45, 2.75) is 32.7 Å². The number of aryl methyl sites for hydroxylation is 3. The quantitative estimate of drug-likeness (QED) is 0.543. The first-order chi connectivity index (χ1) is 14.8. The smallest absolute Gasteiger partial charge is 0.356 e. The fourth-order valence-electron chi connectivity index (χ4n) is 4.13. The number of aromatic carboxylic acids is 1. The number of hydrogen-bond donors (Lipinski definition) is 1. The molecule has 0 radical (unpaired) electrons. The zero-order valence-corrected chi connectivity index (χ0v) is 17.2. The van der Waals surface area contributed by atoms with Crippen LogP contribution < -0.4 is 11.1 Å². The Morgan fingerprint density at radius 3 is 2.35 bits per heavy atom. The number of carboxylic acids is 1. The predicted octanol–water partition coefficient (Wildman–Crippen LogP) is 2.80. The third-order valence-electron chi connectivity index (χ3n) is 5.61. The number of fused-ring (bicyclic) bond motifs is 1. The van der Waals surface area contributed by atoms with Gasteiger partial charge in [-0.15, -0.1) is 0 Å². The summed E-state index contributed by atoms with van der Waals surface area (Å²) in [6.07, 6.45) is 1.72. The Hall–Kier alpha value is -3.88. The van der Waals surface area contributed by atoms with E-state index in [0.29, 0.717) is 39.2 Å². The lowest BCUT2D eigenvalue weighted by molar-refractivity contribution is 0.0692. The number of rotatable bonds is 4. The number of nitrogens with zero attached hydrogens (tertiary/aromatic N) is 4. The number of hydrogen-bond acceptors (Lipinski definition) is 5. The highest BCUT2D eigenvalue weighted by Gasteiger charge is 2.32. The first-order valence-corrected chi connectivity index (χ1v) is 9.93. The zero-order valence-electron chi connectivity index (χ0n) is 17.2. The van der Waals surface area contributed by atoms with Crippen LogP contribution in [0, 0.1) is 13.8 Å². The topological polar surface area (TPSA) is 112 Å². The normalized spacial score (nSPS) is 13.8. The molecule has 158 valence electrons. The van der Waals surface area contributed by atoms with Crippen molar-refractivity contribution >= 4 is 16.9 Å². The lowest BCUT2D eigenvalue weighted by Crippen LogP contribution is -2.21. The molecule has 1 N–H and O–H groups in total. The molecule has 3 aromatic heterocycles. The van der Waals surface area contributed by atoms with Crippen molar-refractivity contribution < 1.29 is 14.4 Å². The number of benzene rings is 1. The van der Waals surface area contributed by atoms with Crippen LogP contribution in [0.3, 0.4) is 0 Å². The molecule has 4 aromatic rings. The van der Waals surface area contributed by atoms with Crippen molar-refractivity contribution in [3.63, 3.8) is 0 Å². The van der Waals surface area contributed by atoms with Gasteiger partial charge in [-0.1, -0.05) is 12.1 Å². The van der Waals surface area contributed by atoms with Crippen LogP contribution in [0.15, 0.2) is 44.4 Å². The lowest BCUT2D eigenvalue weighted by atomic mass is 10.1. The van der Waals surface area contributed by atoms with Gasteiger partial charge in [-0.05, 0) is 50.5 Å². The van der Waals surface area contributed by atoms with Crippen LogP contribution in [0.4, 0.5) is 0 Å². The number of pyridine rings is 1. The number of carbonyl (C=O) groups is 1. The molecule has 0 amide bonds. The summed E-state index contributed by atoms with van der Waals surface area (Å²) in [7, 11) is 1.55. The van der Waals surface area contributed by atoms with Gasteiger partial charge in [0.15, 0.2) is 5.69 Å². The van der Waals surface area contributed by atoms with Gasteiger partial charge in [-0.25, -0.2) is 14.5 Å². The second-order valence-corrected chi connectivity index (χ2v) is 7.88. The van der Waals surface area contributed by atoms with Gasteiger partial charge in [0.1, 0.15) is 11.3 Å². The fraction of sp³-hybridized carbons (Fsp3) is 0.273. The molecular weight excluding hydrogens is 400 g/mol. The molecular formula is C22H20N4O5. The van der Waals surface area contributed by atoms with E-state index >= 15 is 0 Å². The van der Waals surface area contributed by atoms with Crippen molar-refractivity contribution in [2.75, 3.05) is 0 Å². The molecule has 1 aliphatic carbocycles. The van der Waals surface area contributed by atoms with E-state index in [1.165, 1.54) is 9.42 Å². The van der Waals surface area contributed by atoms with Crippen molar-refractivity contribution in [1.29, 1.82) is 0 Å². The Kier molecular flexibility index (Phi) is 4.04. The van der Waals surface area contributed by atoms with Gasteiger partial charge in [0.25, 0.3) is 11.1 Å². The average Bonchev–Trinajstić information content (AvgIpc) is 3.48. The Morgan fingerprint density at radius 2 is 1.81 bits per heavy atom. The van der Waals surface area contributed by atoms with E-state index in [1.54, 1.807) is 55.9 Å². The fourth-order valence-corrected chi connectivity index (χ4v) is 4.13. The molecule has 0 atom stereocenters. The van der Waals surface area contributed by atoms with Crippen molar-refractivity contribution in [3.8, 4) is 16.8 Å². The van der Waals surface area contributed by atoms with Crippen LogP contribution in [0.1, 0.15) is 40.8 Å². The van der Waals surface area contributed by atoms with Gasteiger partial charge in [-0.3, -0.25) is 14.3 Å². The summed E-state index contributed by atoms with van der Waals surface area (Å²) in [5, 5.41) is 10.0. The van der Waals surface area contributed by atoms with E-state index in [2.05, 4.69) is 4.98 Å². The summed E-state index contributed by atoms with van der Waals surface area (Å²) in [6.45, 7) is 3.40. The third kappa shape index (κ3) is 2.84. The molecule has 0 spiro atoms. The molecule has 5 rings (SSSR count). The molecule has 9 heteroatoms. The molecule has 3 heterocycles. The number of aromatic nitrogens is 4. The molecule has 1 saturated carbocycles.